The van der Waals surface area contributed by atoms with Crippen LogP contribution in [0.15, 0.2) is 24.3 Å². The molecule has 27 heavy (non-hydrogen) atoms. The molecule has 1 N–H and O–H groups in total. The maximum atomic E-state index is 12.7. The van der Waals surface area contributed by atoms with E-state index in [2.05, 4.69) is 0 Å². The summed E-state index contributed by atoms with van der Waals surface area (Å²) < 4.78 is 25.4. The molecule has 1 aliphatic heterocycles. The number of carboxylic acid groups (broad SMARTS) is 1. The quantitative estimate of drug-likeness (QED) is 0.721. The highest BCUT2D eigenvalue weighted by molar-refractivity contribution is 7.89. The molecule has 150 valence electrons. The van der Waals surface area contributed by atoms with Gasteiger partial charge in [0.1, 0.15) is 6.54 Å². The van der Waals surface area contributed by atoms with Crippen LogP contribution in [0.3, 0.4) is 0 Å². The van der Waals surface area contributed by atoms with Crippen LogP contribution in [0.2, 0.25) is 0 Å². The van der Waals surface area contributed by atoms with Crippen LogP contribution < -0.4 is 0 Å². The van der Waals surface area contributed by atoms with E-state index in [1.165, 1.54) is 9.21 Å². The number of benzene rings is 1. The van der Waals surface area contributed by atoms with Gasteiger partial charge in [0.25, 0.3) is 0 Å². The number of carbonyl (C=O) groups is 2. The number of amides is 1. The van der Waals surface area contributed by atoms with Crippen molar-refractivity contribution in [3.63, 3.8) is 0 Å². The highest BCUT2D eigenvalue weighted by atomic mass is 32.2. The molecule has 1 aromatic carbocycles. The summed E-state index contributed by atoms with van der Waals surface area (Å²) >= 11 is 0. The molecule has 1 saturated heterocycles. The normalized spacial score (nSPS) is 16.2. The molecule has 0 spiro atoms. The van der Waals surface area contributed by atoms with Crippen molar-refractivity contribution in [2.24, 2.45) is 0 Å². The van der Waals surface area contributed by atoms with Crippen LogP contribution in [0.4, 0.5) is 0 Å². The van der Waals surface area contributed by atoms with Gasteiger partial charge >= 0.3 is 5.97 Å². The molecule has 7 nitrogen and oxygen atoms in total. The third kappa shape index (κ3) is 6.04. The van der Waals surface area contributed by atoms with E-state index in [0.29, 0.717) is 32.4 Å². The number of piperidine rings is 1. The Hall–Kier alpha value is -1.93. The summed E-state index contributed by atoms with van der Waals surface area (Å²) in [5.74, 6) is -1.21. The van der Waals surface area contributed by atoms with E-state index in [0.717, 1.165) is 11.1 Å². The maximum absolute atomic E-state index is 12.7. The van der Waals surface area contributed by atoms with Crippen LogP contribution in [0.5, 0.6) is 0 Å². The molecule has 0 unspecified atom stereocenters. The summed E-state index contributed by atoms with van der Waals surface area (Å²) in [7, 11) is -3.25. The fourth-order valence-electron chi connectivity index (χ4n) is 3.33. The smallest absolute Gasteiger partial charge is 0.323 e. The van der Waals surface area contributed by atoms with E-state index in [1.54, 1.807) is 6.92 Å². The average Bonchev–Trinajstić information content (AvgIpc) is 2.65. The largest absolute Gasteiger partial charge is 0.480 e. The van der Waals surface area contributed by atoms with Crippen LogP contribution in [-0.2, 0) is 26.0 Å². The van der Waals surface area contributed by atoms with Crippen molar-refractivity contribution in [2.45, 2.75) is 45.6 Å². The van der Waals surface area contributed by atoms with Crippen molar-refractivity contribution in [3.05, 3.63) is 35.4 Å². The zero-order valence-electron chi connectivity index (χ0n) is 15.9. The fraction of sp³-hybridized carbons (Fsp3) is 0.579. The lowest BCUT2D eigenvalue weighted by atomic mass is 10.0. The standard InChI is InChI=1S/C19H28N2O5S/c1-3-27(25,26)20-12-10-17(11-13-20)21(14-19(23)24)18(22)9-8-16-6-4-15(2)5-7-16/h4-7,17H,3,8-14H2,1-2H3,(H,23,24). The first-order chi connectivity index (χ1) is 12.7. The van der Waals surface area contributed by atoms with Gasteiger partial charge in [-0.2, -0.15) is 0 Å². The van der Waals surface area contributed by atoms with Crippen molar-refractivity contribution in [1.29, 1.82) is 0 Å². The molecule has 8 heteroatoms. The second-order valence-corrected chi connectivity index (χ2v) is 9.19. The number of aryl methyl sites for hydroxylation is 2. The molecule has 0 radical (unpaired) electrons. The number of hydrogen-bond donors (Lipinski definition) is 1. The molecule has 0 aromatic heterocycles. The predicted molar refractivity (Wildman–Crippen MR) is 103 cm³/mol. The minimum atomic E-state index is -3.25. The highest BCUT2D eigenvalue weighted by Crippen LogP contribution is 2.20. The molecular weight excluding hydrogens is 368 g/mol. The number of nitrogens with zero attached hydrogens (tertiary/aromatic N) is 2. The molecule has 1 aromatic rings. The predicted octanol–water partition coefficient (Wildman–Crippen LogP) is 1.65. The summed E-state index contributed by atoms with van der Waals surface area (Å²) in [5.41, 5.74) is 2.18. The van der Waals surface area contributed by atoms with Crippen LogP contribution in [0.25, 0.3) is 0 Å². The molecule has 2 rings (SSSR count). The van der Waals surface area contributed by atoms with Gasteiger partial charge < -0.3 is 10.0 Å². The zero-order chi connectivity index (χ0) is 20.0. The Morgan fingerprint density at radius 2 is 1.78 bits per heavy atom. The molecule has 1 heterocycles. The fourth-order valence-corrected chi connectivity index (χ4v) is 4.46. The molecular formula is C19H28N2O5S. The Morgan fingerprint density at radius 1 is 1.19 bits per heavy atom. The van der Waals surface area contributed by atoms with Crippen LogP contribution in [0.1, 0.15) is 37.3 Å². The SMILES string of the molecule is CCS(=O)(=O)N1CCC(N(CC(=O)O)C(=O)CCc2ccc(C)cc2)CC1. The molecule has 0 bridgehead atoms. The lowest BCUT2D eigenvalue weighted by Gasteiger charge is -2.37. The lowest BCUT2D eigenvalue weighted by molar-refractivity contribution is -0.146. The monoisotopic (exact) mass is 396 g/mol. The number of rotatable bonds is 8. The minimum Gasteiger partial charge on any atom is -0.480 e. The van der Waals surface area contributed by atoms with Crippen molar-refractivity contribution in [3.8, 4) is 0 Å². The second-order valence-electron chi connectivity index (χ2n) is 6.93. The summed E-state index contributed by atoms with van der Waals surface area (Å²) in [6, 6.07) is 7.67. The first-order valence-electron chi connectivity index (χ1n) is 9.27. The van der Waals surface area contributed by atoms with Gasteiger partial charge in [-0.3, -0.25) is 9.59 Å². The van der Waals surface area contributed by atoms with E-state index < -0.39 is 16.0 Å². The van der Waals surface area contributed by atoms with Crippen molar-refractivity contribution < 1.29 is 23.1 Å². The van der Waals surface area contributed by atoms with Gasteiger partial charge in [0, 0.05) is 25.6 Å². The zero-order valence-corrected chi connectivity index (χ0v) is 16.7. The highest BCUT2D eigenvalue weighted by Gasteiger charge is 2.32. The topological polar surface area (TPSA) is 95.0 Å². The van der Waals surface area contributed by atoms with Gasteiger partial charge in [0.05, 0.1) is 5.75 Å². The summed E-state index contributed by atoms with van der Waals surface area (Å²) in [5, 5.41) is 9.20. The van der Waals surface area contributed by atoms with Gasteiger partial charge in [0.2, 0.25) is 15.9 Å². The first kappa shape index (κ1) is 21.4. The Labute approximate surface area is 161 Å². The van der Waals surface area contributed by atoms with Crippen molar-refractivity contribution in [2.75, 3.05) is 25.4 Å². The Bertz CT molecular complexity index is 753. The van der Waals surface area contributed by atoms with E-state index >= 15 is 0 Å². The molecule has 0 aliphatic carbocycles. The summed E-state index contributed by atoms with van der Waals surface area (Å²) in [6.45, 7) is 3.89. The van der Waals surface area contributed by atoms with Crippen molar-refractivity contribution in [1.82, 2.24) is 9.21 Å². The first-order valence-corrected chi connectivity index (χ1v) is 10.9. The Kier molecular flexibility index (Phi) is 7.38. The second kappa shape index (κ2) is 9.32. The Balaban J connectivity index is 1.99. The minimum absolute atomic E-state index is 0.0476. The van der Waals surface area contributed by atoms with E-state index in [9.17, 15) is 23.1 Å². The number of carboxylic acids is 1. The Morgan fingerprint density at radius 3 is 2.30 bits per heavy atom. The van der Waals surface area contributed by atoms with Crippen molar-refractivity contribution >= 4 is 21.9 Å². The van der Waals surface area contributed by atoms with Gasteiger partial charge in [-0.1, -0.05) is 29.8 Å². The molecule has 1 amide bonds. The van der Waals surface area contributed by atoms with E-state index in [1.807, 2.05) is 31.2 Å². The molecule has 0 atom stereocenters. The number of carbonyl (C=O) groups excluding carboxylic acids is 1. The molecule has 0 saturated carbocycles. The van der Waals surface area contributed by atoms with Gasteiger partial charge in [-0.05, 0) is 38.7 Å². The van der Waals surface area contributed by atoms with Gasteiger partial charge in [-0.25, -0.2) is 12.7 Å². The number of sulfonamides is 1. The lowest BCUT2D eigenvalue weighted by Crippen LogP contribution is -2.50. The number of aliphatic carboxylic acids is 1. The molecule has 1 fully saturated rings. The summed E-state index contributed by atoms with van der Waals surface area (Å²) in [4.78, 5) is 25.3. The van der Waals surface area contributed by atoms with Gasteiger partial charge in [-0.15, -0.1) is 0 Å². The third-order valence-electron chi connectivity index (χ3n) is 5.00. The van der Waals surface area contributed by atoms with Crippen LogP contribution in [0, 0.1) is 6.92 Å². The van der Waals surface area contributed by atoms with Crippen LogP contribution >= 0.6 is 0 Å². The number of hydrogen-bond acceptors (Lipinski definition) is 4. The molecule has 1 aliphatic rings. The summed E-state index contributed by atoms with van der Waals surface area (Å²) in [6.07, 6.45) is 1.72. The maximum Gasteiger partial charge on any atom is 0.323 e. The van der Waals surface area contributed by atoms with Crippen LogP contribution in [-0.4, -0.2) is 66.0 Å². The average molecular weight is 397 g/mol. The van der Waals surface area contributed by atoms with Gasteiger partial charge in [0.15, 0.2) is 0 Å². The van der Waals surface area contributed by atoms with E-state index in [4.69, 9.17) is 0 Å². The van der Waals surface area contributed by atoms with E-state index in [-0.39, 0.29) is 30.7 Å². The third-order valence-corrected chi connectivity index (χ3v) is 6.88.